The quantitative estimate of drug-likeness (QED) is 0.167. The molecule has 4 aromatic heterocycles. The van der Waals surface area contributed by atoms with E-state index in [-0.39, 0.29) is 0 Å². The van der Waals surface area contributed by atoms with Gasteiger partial charge in [-0.05, 0) is 75.8 Å². The van der Waals surface area contributed by atoms with Crippen molar-refractivity contribution in [3.63, 3.8) is 0 Å². The Morgan fingerprint density at radius 3 is 1.52 bits per heavy atom. The Kier molecular flexibility index (Phi) is 8.01. The fourth-order valence-corrected chi connectivity index (χ4v) is 10.3. The van der Waals surface area contributed by atoms with Gasteiger partial charge in [-0.2, -0.15) is 0 Å². The van der Waals surface area contributed by atoms with Crippen LogP contribution in [0.1, 0.15) is 0 Å². The summed E-state index contributed by atoms with van der Waals surface area (Å²) in [6.07, 6.45) is 0. The number of benzene rings is 9. The molecule has 6 heteroatoms. The molecule has 13 rings (SSSR count). The minimum atomic E-state index is 0.581. The van der Waals surface area contributed by atoms with Gasteiger partial charge in [0.1, 0.15) is 22.3 Å². The number of furan rings is 2. The van der Waals surface area contributed by atoms with Gasteiger partial charge < -0.3 is 8.83 Å². The Morgan fingerprint density at radius 2 is 0.794 bits per heavy atom. The summed E-state index contributed by atoms with van der Waals surface area (Å²) in [6.45, 7) is 0. The van der Waals surface area contributed by atoms with Crippen molar-refractivity contribution >= 4 is 75.4 Å². The molecule has 4 heterocycles. The van der Waals surface area contributed by atoms with Gasteiger partial charge in [0.05, 0.1) is 0 Å². The Labute approximate surface area is 365 Å². The molecule has 0 aliphatic heterocycles. The van der Waals surface area contributed by atoms with E-state index in [1.807, 2.05) is 59.9 Å². The number of rotatable bonds is 6. The molecule has 0 spiro atoms. The van der Waals surface area contributed by atoms with Gasteiger partial charge >= 0.3 is 0 Å². The smallest absolute Gasteiger partial charge is 0.164 e. The lowest BCUT2D eigenvalue weighted by Crippen LogP contribution is -2.00. The van der Waals surface area contributed by atoms with E-state index in [9.17, 15) is 0 Å². The first-order valence-corrected chi connectivity index (χ1v) is 21.8. The zero-order valence-electron chi connectivity index (χ0n) is 33.6. The molecule has 0 aliphatic rings. The first kappa shape index (κ1) is 35.6. The highest BCUT2D eigenvalue weighted by Gasteiger charge is 2.20. The maximum absolute atomic E-state index is 6.61. The van der Waals surface area contributed by atoms with Crippen LogP contribution in [0.3, 0.4) is 0 Å². The minimum Gasteiger partial charge on any atom is -0.456 e. The zero-order chi connectivity index (χ0) is 41.4. The van der Waals surface area contributed by atoms with Crippen LogP contribution in [-0.2, 0) is 0 Å². The lowest BCUT2D eigenvalue weighted by atomic mass is 9.92. The van der Waals surface area contributed by atoms with Gasteiger partial charge in [0.25, 0.3) is 0 Å². The highest BCUT2D eigenvalue weighted by molar-refractivity contribution is 7.25. The Bertz CT molecular complexity index is 3900. The molecule has 13 aromatic rings. The average Bonchev–Trinajstić information content (AvgIpc) is 4.05. The van der Waals surface area contributed by atoms with E-state index >= 15 is 0 Å². The van der Waals surface area contributed by atoms with Crippen LogP contribution in [-0.4, -0.2) is 15.0 Å². The Morgan fingerprint density at radius 1 is 0.286 bits per heavy atom. The minimum absolute atomic E-state index is 0.581. The number of hydrogen-bond donors (Lipinski definition) is 0. The van der Waals surface area contributed by atoms with Crippen LogP contribution >= 0.6 is 11.3 Å². The Hall–Kier alpha value is -8.19. The molecule has 9 aromatic carbocycles. The molecule has 5 nitrogen and oxygen atoms in total. The van der Waals surface area contributed by atoms with Crippen molar-refractivity contribution in [1.82, 2.24) is 15.0 Å². The van der Waals surface area contributed by atoms with E-state index in [2.05, 4.69) is 152 Å². The second-order valence-corrected chi connectivity index (χ2v) is 17.0. The summed E-state index contributed by atoms with van der Waals surface area (Å²) in [7, 11) is 0. The van der Waals surface area contributed by atoms with Crippen LogP contribution in [0.25, 0.3) is 132 Å². The van der Waals surface area contributed by atoms with Crippen LogP contribution in [0.2, 0.25) is 0 Å². The monoisotopic (exact) mass is 823 g/mol. The summed E-state index contributed by atoms with van der Waals surface area (Å²) < 4.78 is 15.5. The summed E-state index contributed by atoms with van der Waals surface area (Å²) in [5.74, 6) is 1.76. The largest absolute Gasteiger partial charge is 0.456 e. The van der Waals surface area contributed by atoms with Crippen LogP contribution in [0.5, 0.6) is 0 Å². The second kappa shape index (κ2) is 14.2. The molecular formula is C57H33N3O2S. The van der Waals surface area contributed by atoms with Crippen molar-refractivity contribution in [2.24, 2.45) is 0 Å². The second-order valence-electron chi connectivity index (χ2n) is 15.9. The van der Waals surface area contributed by atoms with E-state index in [0.29, 0.717) is 17.5 Å². The standard InChI is InChI=1S/C57H33N3O2S/c1-2-12-34(13-3-1)35-24-28-37(29-25-35)55-58-56(60-57(59-55)44-18-10-21-48-52(44)41-14-4-7-19-46(41)61-48)38-30-26-36(27-31-38)45-32-39(33-49-53(45)42-15-5-8-20-47(42)62-49)40-17-11-23-51-54(40)43-16-6-9-22-50(43)63-51/h1-33H. The molecule has 0 N–H and O–H groups in total. The average molecular weight is 824 g/mol. The topological polar surface area (TPSA) is 65.0 Å². The maximum Gasteiger partial charge on any atom is 0.164 e. The summed E-state index contributed by atoms with van der Waals surface area (Å²) in [5, 5.41) is 6.71. The third-order valence-electron chi connectivity index (χ3n) is 12.2. The molecule has 0 fully saturated rings. The van der Waals surface area contributed by atoms with E-state index in [4.69, 9.17) is 23.8 Å². The predicted molar refractivity (Wildman–Crippen MR) is 260 cm³/mol. The molecular weight excluding hydrogens is 791 g/mol. The lowest BCUT2D eigenvalue weighted by molar-refractivity contribution is 0.668. The molecule has 0 amide bonds. The number of hydrogen-bond acceptors (Lipinski definition) is 6. The fraction of sp³-hybridized carbons (Fsp3) is 0. The lowest BCUT2D eigenvalue weighted by Gasteiger charge is -2.12. The highest BCUT2D eigenvalue weighted by atomic mass is 32.1. The third-order valence-corrected chi connectivity index (χ3v) is 13.3. The number of nitrogens with zero attached hydrogens (tertiary/aromatic N) is 3. The number of thiophene rings is 1. The Balaban J connectivity index is 0.976. The summed E-state index contributed by atoms with van der Waals surface area (Å²) in [5.41, 5.74) is 12.8. The fourth-order valence-electron chi connectivity index (χ4n) is 9.21. The van der Waals surface area contributed by atoms with Crippen LogP contribution in [0.15, 0.2) is 209 Å². The van der Waals surface area contributed by atoms with Crippen LogP contribution < -0.4 is 0 Å². The van der Waals surface area contributed by atoms with Gasteiger partial charge in [0.15, 0.2) is 17.5 Å². The number of aromatic nitrogens is 3. The van der Waals surface area contributed by atoms with Crippen molar-refractivity contribution in [2.45, 2.75) is 0 Å². The SMILES string of the molecule is c1ccc(-c2ccc(-c3nc(-c4ccc(-c5cc(-c6cccc7sc8ccccc8c67)cc6oc7ccccc7c56)cc4)nc(-c4cccc5oc6ccccc6c45)n3)cc2)cc1. The third kappa shape index (κ3) is 5.87. The van der Waals surface area contributed by atoms with E-state index < -0.39 is 0 Å². The zero-order valence-corrected chi connectivity index (χ0v) is 34.4. The van der Waals surface area contributed by atoms with Gasteiger partial charge in [-0.15, -0.1) is 11.3 Å². The molecule has 294 valence electrons. The molecule has 0 saturated carbocycles. The van der Waals surface area contributed by atoms with Crippen molar-refractivity contribution < 1.29 is 8.83 Å². The van der Waals surface area contributed by atoms with Crippen molar-refractivity contribution in [3.05, 3.63) is 200 Å². The van der Waals surface area contributed by atoms with Gasteiger partial charge in [-0.25, -0.2) is 15.0 Å². The van der Waals surface area contributed by atoms with Gasteiger partial charge in [-0.1, -0.05) is 158 Å². The van der Waals surface area contributed by atoms with E-state index in [1.54, 1.807) is 0 Å². The molecule has 0 atom stereocenters. The molecule has 0 aliphatic carbocycles. The first-order valence-electron chi connectivity index (χ1n) is 21.0. The molecule has 63 heavy (non-hydrogen) atoms. The summed E-state index contributed by atoms with van der Waals surface area (Å²) >= 11 is 1.83. The van der Waals surface area contributed by atoms with Gasteiger partial charge in [0.2, 0.25) is 0 Å². The molecule has 0 radical (unpaired) electrons. The predicted octanol–water partition coefficient (Wildman–Crippen LogP) is 16.0. The van der Waals surface area contributed by atoms with Crippen molar-refractivity contribution in [1.29, 1.82) is 0 Å². The van der Waals surface area contributed by atoms with E-state index in [1.165, 1.54) is 25.7 Å². The van der Waals surface area contributed by atoms with Crippen LogP contribution in [0.4, 0.5) is 0 Å². The summed E-state index contributed by atoms with van der Waals surface area (Å²) in [6, 6.07) is 69.8. The molecule has 0 unspecified atom stereocenters. The number of fused-ring (bicyclic) bond motifs is 9. The van der Waals surface area contributed by atoms with Gasteiger partial charge in [0, 0.05) is 58.4 Å². The van der Waals surface area contributed by atoms with Crippen molar-refractivity contribution in [2.75, 3.05) is 0 Å². The molecule has 0 bridgehead atoms. The maximum atomic E-state index is 6.61. The van der Waals surface area contributed by atoms with Crippen LogP contribution in [0, 0.1) is 0 Å². The normalized spacial score (nSPS) is 11.8. The molecule has 0 saturated heterocycles. The van der Waals surface area contributed by atoms with Crippen molar-refractivity contribution in [3.8, 4) is 67.5 Å². The number of para-hydroxylation sites is 2. The summed E-state index contributed by atoms with van der Waals surface area (Å²) in [4.78, 5) is 15.5. The highest BCUT2D eigenvalue weighted by Crippen LogP contribution is 2.45. The van der Waals surface area contributed by atoms with Gasteiger partial charge in [-0.3, -0.25) is 0 Å². The van der Waals surface area contributed by atoms with E-state index in [0.717, 1.165) is 88.4 Å². The first-order chi connectivity index (χ1) is 31.2.